The van der Waals surface area contributed by atoms with Crippen LogP contribution in [-0.2, 0) is 0 Å². The molecule has 0 bridgehead atoms. The normalized spacial score (nSPS) is 11.2. The fourth-order valence-corrected chi connectivity index (χ4v) is 9.04. The molecule has 0 saturated carbocycles. The molecule has 0 radical (unpaired) electrons. The number of fused-ring (bicyclic) bond motifs is 3. The van der Waals surface area contributed by atoms with Gasteiger partial charge in [0.1, 0.15) is 0 Å². The number of benzene rings is 10. The van der Waals surface area contributed by atoms with Gasteiger partial charge < -0.3 is 9.47 Å². The Kier molecular flexibility index (Phi) is 9.57. The first kappa shape index (κ1) is 36.8. The molecule has 62 heavy (non-hydrogen) atoms. The maximum atomic E-state index is 2.40. The number of aromatic nitrogens is 1. The highest BCUT2D eigenvalue weighted by Gasteiger charge is 2.20. The minimum absolute atomic E-state index is 1.08. The third-order valence-electron chi connectivity index (χ3n) is 12.0. The molecule has 0 atom stereocenters. The van der Waals surface area contributed by atoms with Gasteiger partial charge in [0, 0.05) is 33.4 Å². The molecule has 0 unspecified atom stereocenters. The zero-order valence-corrected chi connectivity index (χ0v) is 34.1. The molecule has 0 spiro atoms. The average molecular weight is 791 g/mol. The quantitative estimate of drug-likeness (QED) is 0.141. The van der Waals surface area contributed by atoms with E-state index >= 15 is 0 Å². The Balaban J connectivity index is 1.02. The third-order valence-corrected chi connectivity index (χ3v) is 12.0. The van der Waals surface area contributed by atoms with Crippen LogP contribution in [-0.4, -0.2) is 4.57 Å². The van der Waals surface area contributed by atoms with Gasteiger partial charge in [-0.2, -0.15) is 0 Å². The molecule has 0 aliphatic carbocycles. The minimum atomic E-state index is 1.08. The van der Waals surface area contributed by atoms with Gasteiger partial charge in [-0.25, -0.2) is 0 Å². The van der Waals surface area contributed by atoms with Gasteiger partial charge in [-0.3, -0.25) is 0 Å². The molecule has 2 nitrogen and oxygen atoms in total. The van der Waals surface area contributed by atoms with Crippen molar-refractivity contribution in [3.63, 3.8) is 0 Å². The topological polar surface area (TPSA) is 8.17 Å². The largest absolute Gasteiger partial charge is 0.310 e. The van der Waals surface area contributed by atoms with Crippen LogP contribution in [0.4, 0.5) is 17.1 Å². The van der Waals surface area contributed by atoms with Gasteiger partial charge in [0.05, 0.1) is 16.7 Å². The fraction of sp³-hybridized carbons (Fsp3) is 0. The van der Waals surface area contributed by atoms with E-state index in [2.05, 4.69) is 264 Å². The van der Waals surface area contributed by atoms with Crippen LogP contribution >= 0.6 is 0 Å². The molecule has 1 aromatic heterocycles. The molecule has 11 rings (SSSR count). The fourth-order valence-electron chi connectivity index (χ4n) is 9.04. The smallest absolute Gasteiger partial charge is 0.0547 e. The van der Waals surface area contributed by atoms with Crippen LogP contribution in [0.1, 0.15) is 0 Å². The van der Waals surface area contributed by atoms with Crippen molar-refractivity contribution in [2.24, 2.45) is 0 Å². The highest BCUT2D eigenvalue weighted by molar-refractivity contribution is 6.16. The summed E-state index contributed by atoms with van der Waals surface area (Å²) in [6.45, 7) is 0. The molecule has 10 aromatic carbocycles. The van der Waals surface area contributed by atoms with Gasteiger partial charge in [0.15, 0.2) is 0 Å². The summed E-state index contributed by atoms with van der Waals surface area (Å²) in [5.74, 6) is 0. The summed E-state index contributed by atoms with van der Waals surface area (Å²) >= 11 is 0. The molecule has 0 amide bonds. The van der Waals surface area contributed by atoms with Crippen molar-refractivity contribution in [2.45, 2.75) is 0 Å². The van der Waals surface area contributed by atoms with Gasteiger partial charge in [0.2, 0.25) is 0 Å². The van der Waals surface area contributed by atoms with Crippen LogP contribution in [0.3, 0.4) is 0 Å². The second-order valence-corrected chi connectivity index (χ2v) is 15.7. The van der Waals surface area contributed by atoms with E-state index in [9.17, 15) is 0 Å². The van der Waals surface area contributed by atoms with Crippen molar-refractivity contribution >= 4 is 38.9 Å². The van der Waals surface area contributed by atoms with Crippen LogP contribution in [0, 0.1) is 0 Å². The first-order valence-electron chi connectivity index (χ1n) is 21.3. The summed E-state index contributed by atoms with van der Waals surface area (Å²) in [6.07, 6.45) is 0. The first-order chi connectivity index (χ1) is 30.8. The van der Waals surface area contributed by atoms with Crippen LogP contribution < -0.4 is 4.90 Å². The standard InChI is InChI=1S/C60H42N2/c1-5-17-43(18-6-1)45-31-36-52(37-32-45)61(58-40-35-49(44-19-7-2-8-20-44)42-56(58)47-21-9-3-10-22-47)53-38-33-46(34-39-53)48-23-15-24-50(41-48)54-28-16-30-59-60(54)55-27-13-14-29-57(55)62(59)51-25-11-4-12-26-51/h1-42H. The van der Waals surface area contributed by atoms with Gasteiger partial charge in [-0.05, 0) is 117 Å². The van der Waals surface area contributed by atoms with E-state index < -0.39 is 0 Å². The van der Waals surface area contributed by atoms with E-state index in [4.69, 9.17) is 0 Å². The van der Waals surface area contributed by atoms with E-state index in [-0.39, 0.29) is 0 Å². The number of nitrogens with zero attached hydrogens (tertiary/aromatic N) is 2. The number of anilines is 3. The maximum Gasteiger partial charge on any atom is 0.0547 e. The molecule has 0 N–H and O–H groups in total. The van der Waals surface area contributed by atoms with Gasteiger partial charge in [-0.1, -0.05) is 188 Å². The predicted octanol–water partition coefficient (Wildman–Crippen LogP) is 16.6. The molecule has 0 aliphatic rings. The summed E-state index contributed by atoms with van der Waals surface area (Å²) in [5, 5.41) is 2.51. The molecular weight excluding hydrogens is 749 g/mol. The lowest BCUT2D eigenvalue weighted by molar-refractivity contribution is 1.18. The first-order valence-corrected chi connectivity index (χ1v) is 21.3. The molecule has 1 heterocycles. The number of para-hydroxylation sites is 2. The average Bonchev–Trinajstić information content (AvgIpc) is 3.70. The molecule has 2 heteroatoms. The van der Waals surface area contributed by atoms with E-state index in [0.29, 0.717) is 0 Å². The zero-order chi connectivity index (χ0) is 41.2. The monoisotopic (exact) mass is 790 g/mol. The van der Waals surface area contributed by atoms with E-state index in [1.165, 1.54) is 71.9 Å². The lowest BCUT2D eigenvalue weighted by Gasteiger charge is -2.29. The van der Waals surface area contributed by atoms with Crippen LogP contribution in [0.5, 0.6) is 0 Å². The van der Waals surface area contributed by atoms with Crippen molar-refractivity contribution < 1.29 is 0 Å². The van der Waals surface area contributed by atoms with Crippen LogP contribution in [0.25, 0.3) is 83.1 Å². The molecule has 0 aliphatic heterocycles. The lowest BCUT2D eigenvalue weighted by Crippen LogP contribution is -2.11. The van der Waals surface area contributed by atoms with Gasteiger partial charge >= 0.3 is 0 Å². The summed E-state index contributed by atoms with van der Waals surface area (Å²) in [4.78, 5) is 2.40. The van der Waals surface area contributed by atoms with Crippen molar-refractivity contribution in [2.75, 3.05) is 4.90 Å². The number of rotatable bonds is 9. The Morgan fingerprint density at radius 1 is 0.274 bits per heavy atom. The number of hydrogen-bond acceptors (Lipinski definition) is 1. The Morgan fingerprint density at radius 2 is 0.726 bits per heavy atom. The maximum absolute atomic E-state index is 2.40. The molecule has 292 valence electrons. The van der Waals surface area contributed by atoms with Gasteiger partial charge in [0.25, 0.3) is 0 Å². The molecular formula is C60H42N2. The van der Waals surface area contributed by atoms with E-state index in [0.717, 1.165) is 28.3 Å². The Hall–Kier alpha value is -8.20. The van der Waals surface area contributed by atoms with Crippen molar-refractivity contribution in [1.29, 1.82) is 0 Å². The lowest BCUT2D eigenvalue weighted by atomic mass is 9.95. The van der Waals surface area contributed by atoms with Crippen molar-refractivity contribution in [3.05, 3.63) is 255 Å². The SMILES string of the molecule is c1ccc(-c2ccc(N(c3ccc(-c4cccc(-c5cccc6c5c5ccccc5n6-c5ccccc5)c4)cc3)c3ccc(-c4ccccc4)cc3-c3ccccc3)cc2)cc1. The second kappa shape index (κ2) is 16.1. The van der Waals surface area contributed by atoms with Crippen molar-refractivity contribution in [1.82, 2.24) is 4.57 Å². The van der Waals surface area contributed by atoms with E-state index in [1.807, 2.05) is 0 Å². The second-order valence-electron chi connectivity index (χ2n) is 15.7. The highest BCUT2D eigenvalue weighted by atomic mass is 15.1. The highest BCUT2D eigenvalue weighted by Crippen LogP contribution is 2.44. The Labute approximate surface area is 362 Å². The summed E-state index contributed by atoms with van der Waals surface area (Å²) < 4.78 is 2.39. The van der Waals surface area contributed by atoms with Gasteiger partial charge in [-0.15, -0.1) is 0 Å². The third kappa shape index (κ3) is 6.84. The van der Waals surface area contributed by atoms with Crippen molar-refractivity contribution in [3.8, 4) is 61.3 Å². The van der Waals surface area contributed by atoms with Crippen LogP contribution in [0.2, 0.25) is 0 Å². The zero-order valence-electron chi connectivity index (χ0n) is 34.1. The molecule has 0 fully saturated rings. The Morgan fingerprint density at radius 3 is 1.39 bits per heavy atom. The summed E-state index contributed by atoms with van der Waals surface area (Å²) in [7, 11) is 0. The molecule has 11 aromatic rings. The predicted molar refractivity (Wildman–Crippen MR) is 263 cm³/mol. The summed E-state index contributed by atoms with van der Waals surface area (Å²) in [5.41, 5.74) is 18.7. The Bertz CT molecular complexity index is 3300. The number of hydrogen-bond donors (Lipinski definition) is 0. The van der Waals surface area contributed by atoms with E-state index in [1.54, 1.807) is 0 Å². The minimum Gasteiger partial charge on any atom is -0.310 e. The van der Waals surface area contributed by atoms with Crippen LogP contribution in [0.15, 0.2) is 255 Å². The molecule has 0 saturated heterocycles. The summed E-state index contributed by atoms with van der Waals surface area (Å²) in [6, 6.07) is 92.0.